The summed E-state index contributed by atoms with van der Waals surface area (Å²) < 4.78 is 38.4. The Morgan fingerprint density at radius 3 is 2.54 bits per heavy atom. The fourth-order valence-corrected chi connectivity index (χ4v) is 2.54. The van der Waals surface area contributed by atoms with Crippen LogP contribution in [0.3, 0.4) is 0 Å². The molecule has 1 aromatic carbocycles. The van der Waals surface area contributed by atoms with E-state index in [2.05, 4.69) is 9.72 Å². The normalized spacial score (nSPS) is 14.7. The van der Waals surface area contributed by atoms with Crippen LogP contribution in [0.5, 0.6) is 5.88 Å². The van der Waals surface area contributed by atoms with E-state index < -0.39 is 25.1 Å². The summed E-state index contributed by atoms with van der Waals surface area (Å²) in [4.78, 5) is 14.8. The Labute approximate surface area is 149 Å². The maximum Gasteiger partial charge on any atom is 0.329 e. The second kappa shape index (κ2) is 7.78. The summed E-state index contributed by atoms with van der Waals surface area (Å²) in [7, 11) is 0. The van der Waals surface area contributed by atoms with Crippen molar-refractivity contribution in [1.29, 1.82) is 0 Å². The number of hydrogen-bond acceptors (Lipinski definition) is 4. The highest BCUT2D eigenvalue weighted by atomic mass is 19.3. The number of pyridine rings is 1. The Kier molecular flexibility index (Phi) is 5.46. The van der Waals surface area contributed by atoms with E-state index in [1.807, 2.05) is 6.07 Å². The first-order valence-corrected chi connectivity index (χ1v) is 8.36. The predicted octanol–water partition coefficient (Wildman–Crippen LogP) is 3.87. The molecule has 1 aliphatic rings. The number of aliphatic carboxylic acids is 1. The van der Waals surface area contributed by atoms with Crippen molar-refractivity contribution in [3.05, 3.63) is 48.0 Å². The van der Waals surface area contributed by atoms with Gasteiger partial charge in [-0.3, -0.25) is 0 Å². The van der Waals surface area contributed by atoms with Crippen LogP contribution in [-0.4, -0.2) is 35.4 Å². The van der Waals surface area contributed by atoms with Crippen molar-refractivity contribution < 1.29 is 28.2 Å². The van der Waals surface area contributed by atoms with Gasteiger partial charge >= 0.3 is 5.97 Å². The highest BCUT2D eigenvalue weighted by Gasteiger charge is 2.32. The van der Waals surface area contributed by atoms with Gasteiger partial charge in [-0.05, 0) is 25.3 Å². The lowest BCUT2D eigenvalue weighted by molar-refractivity contribution is -0.147. The van der Waals surface area contributed by atoms with Crippen LogP contribution in [0.1, 0.15) is 24.8 Å². The number of carbonyl (C=O) groups is 1. The minimum Gasteiger partial charge on any atom is -0.480 e. The zero-order chi connectivity index (χ0) is 18.6. The lowest BCUT2D eigenvalue weighted by Gasteiger charge is -2.25. The smallest absolute Gasteiger partial charge is 0.329 e. The van der Waals surface area contributed by atoms with Gasteiger partial charge in [0.2, 0.25) is 5.88 Å². The number of carboxylic acids is 1. The summed E-state index contributed by atoms with van der Waals surface area (Å²) in [5.74, 6) is -4.02. The highest BCUT2D eigenvalue weighted by molar-refractivity contribution is 5.68. The van der Waals surface area contributed by atoms with Crippen LogP contribution in [0.15, 0.2) is 42.5 Å². The van der Waals surface area contributed by atoms with E-state index in [4.69, 9.17) is 9.84 Å². The maximum absolute atomic E-state index is 14.0. The molecule has 0 spiro atoms. The summed E-state index contributed by atoms with van der Waals surface area (Å²) in [6, 6.07) is 11.1. The molecular weight excluding hydrogens is 344 g/mol. The molecule has 1 fully saturated rings. The second-order valence-corrected chi connectivity index (χ2v) is 6.20. The number of halogens is 2. The first-order valence-electron chi connectivity index (χ1n) is 8.36. The predicted molar refractivity (Wildman–Crippen MR) is 90.3 cm³/mol. The van der Waals surface area contributed by atoms with Gasteiger partial charge in [-0.1, -0.05) is 30.3 Å². The zero-order valence-corrected chi connectivity index (χ0v) is 14.0. The molecule has 0 unspecified atom stereocenters. The minimum atomic E-state index is -3.27. The van der Waals surface area contributed by atoms with E-state index in [9.17, 15) is 13.6 Å². The first kappa shape index (κ1) is 18.3. The third-order valence-electron chi connectivity index (χ3n) is 4.18. The SMILES string of the molecule is O=C(O)COCC(F)(F)c1ccc(-c2cccc(OC3CCC3)n2)cc1. The van der Waals surface area contributed by atoms with Crippen LogP contribution >= 0.6 is 0 Å². The summed E-state index contributed by atoms with van der Waals surface area (Å²) in [5.41, 5.74) is 1.09. The summed E-state index contributed by atoms with van der Waals surface area (Å²) in [5, 5.41) is 8.45. The van der Waals surface area contributed by atoms with Gasteiger partial charge in [0.1, 0.15) is 19.3 Å². The number of carboxylic acid groups (broad SMARTS) is 1. The Hall–Kier alpha value is -2.54. The van der Waals surface area contributed by atoms with Gasteiger partial charge in [0.25, 0.3) is 5.92 Å². The minimum absolute atomic E-state index is 0.213. The molecule has 1 aromatic heterocycles. The lowest BCUT2D eigenvalue weighted by atomic mass is 9.96. The van der Waals surface area contributed by atoms with Crippen LogP contribution in [0, 0.1) is 0 Å². The van der Waals surface area contributed by atoms with Crippen LogP contribution in [0.2, 0.25) is 0 Å². The van der Waals surface area contributed by atoms with Gasteiger partial charge in [-0.15, -0.1) is 0 Å². The molecule has 1 aliphatic carbocycles. The van der Waals surface area contributed by atoms with Crippen molar-refractivity contribution in [2.24, 2.45) is 0 Å². The van der Waals surface area contributed by atoms with E-state index in [0.29, 0.717) is 17.1 Å². The molecule has 1 heterocycles. The quantitative estimate of drug-likeness (QED) is 0.771. The maximum atomic E-state index is 14.0. The van der Waals surface area contributed by atoms with E-state index in [0.717, 1.165) is 19.3 Å². The molecule has 1 saturated carbocycles. The zero-order valence-electron chi connectivity index (χ0n) is 14.0. The monoisotopic (exact) mass is 363 g/mol. The van der Waals surface area contributed by atoms with Crippen LogP contribution in [0.25, 0.3) is 11.3 Å². The molecule has 3 rings (SSSR count). The van der Waals surface area contributed by atoms with Crippen LogP contribution < -0.4 is 4.74 Å². The van der Waals surface area contributed by atoms with E-state index in [1.54, 1.807) is 24.3 Å². The largest absolute Gasteiger partial charge is 0.480 e. The molecule has 1 N–H and O–H groups in total. The summed E-state index contributed by atoms with van der Waals surface area (Å²) in [6.07, 6.45) is 3.43. The van der Waals surface area contributed by atoms with Gasteiger partial charge in [-0.2, -0.15) is 8.78 Å². The number of benzene rings is 1. The first-order chi connectivity index (χ1) is 12.4. The fraction of sp³-hybridized carbons (Fsp3) is 0.368. The average molecular weight is 363 g/mol. The van der Waals surface area contributed by atoms with Crippen molar-refractivity contribution >= 4 is 5.97 Å². The molecular formula is C19H19F2NO4. The topological polar surface area (TPSA) is 68.7 Å². The van der Waals surface area contributed by atoms with Crippen LogP contribution in [0.4, 0.5) is 8.78 Å². The van der Waals surface area contributed by atoms with Crippen molar-refractivity contribution in [3.8, 4) is 17.1 Å². The van der Waals surface area contributed by atoms with Crippen molar-refractivity contribution in [3.63, 3.8) is 0 Å². The number of alkyl halides is 2. The molecule has 2 aromatic rings. The number of nitrogens with zero attached hydrogens (tertiary/aromatic N) is 1. The lowest BCUT2D eigenvalue weighted by Crippen LogP contribution is -2.24. The van der Waals surface area contributed by atoms with Gasteiger partial charge in [0, 0.05) is 17.2 Å². The number of rotatable bonds is 8. The highest BCUT2D eigenvalue weighted by Crippen LogP contribution is 2.31. The molecule has 0 amide bonds. The second-order valence-electron chi connectivity index (χ2n) is 6.20. The summed E-state index contributed by atoms with van der Waals surface area (Å²) >= 11 is 0. The Bertz CT molecular complexity index is 760. The van der Waals surface area contributed by atoms with E-state index in [-0.39, 0.29) is 11.7 Å². The molecule has 0 aliphatic heterocycles. The Balaban J connectivity index is 1.68. The molecule has 0 atom stereocenters. The molecule has 138 valence electrons. The number of hydrogen-bond donors (Lipinski definition) is 1. The standard InChI is InChI=1S/C19H19F2NO4/c20-19(21,12-25-11-18(23)24)14-9-7-13(8-10-14)16-5-2-6-17(22-16)26-15-3-1-4-15/h2,5-10,15H,1,3-4,11-12H2,(H,23,24). The van der Waals surface area contributed by atoms with E-state index >= 15 is 0 Å². The fourth-order valence-electron chi connectivity index (χ4n) is 2.54. The van der Waals surface area contributed by atoms with Gasteiger partial charge in [0.15, 0.2) is 0 Å². The van der Waals surface area contributed by atoms with Crippen LogP contribution in [-0.2, 0) is 15.5 Å². The Morgan fingerprint density at radius 1 is 1.19 bits per heavy atom. The molecule has 0 radical (unpaired) electrons. The molecule has 7 heteroatoms. The molecule has 26 heavy (non-hydrogen) atoms. The third-order valence-corrected chi connectivity index (χ3v) is 4.18. The third kappa shape index (κ3) is 4.54. The van der Waals surface area contributed by atoms with Gasteiger partial charge < -0.3 is 14.6 Å². The summed E-state index contributed by atoms with van der Waals surface area (Å²) in [6.45, 7) is -1.74. The molecule has 5 nitrogen and oxygen atoms in total. The van der Waals surface area contributed by atoms with Gasteiger partial charge in [0.05, 0.1) is 5.69 Å². The Morgan fingerprint density at radius 2 is 1.92 bits per heavy atom. The van der Waals surface area contributed by atoms with Gasteiger partial charge in [-0.25, -0.2) is 9.78 Å². The van der Waals surface area contributed by atoms with Crippen molar-refractivity contribution in [1.82, 2.24) is 4.98 Å². The molecule has 0 bridgehead atoms. The number of ether oxygens (including phenoxy) is 2. The van der Waals surface area contributed by atoms with Crippen molar-refractivity contribution in [2.45, 2.75) is 31.3 Å². The average Bonchev–Trinajstić information content (AvgIpc) is 2.58. The number of aromatic nitrogens is 1. The van der Waals surface area contributed by atoms with E-state index in [1.165, 1.54) is 12.1 Å². The van der Waals surface area contributed by atoms with Crippen molar-refractivity contribution in [2.75, 3.05) is 13.2 Å². The molecule has 0 saturated heterocycles.